The summed E-state index contributed by atoms with van der Waals surface area (Å²) in [4.78, 5) is 6.97. The molecule has 0 saturated carbocycles. The van der Waals surface area contributed by atoms with Crippen LogP contribution in [0.15, 0.2) is 18.2 Å². The molecule has 1 aromatic rings. The molecule has 0 aromatic carbocycles. The molecule has 0 radical (unpaired) electrons. The molecule has 0 aliphatic heterocycles. The zero-order valence-corrected chi connectivity index (χ0v) is 11.2. The molecule has 0 N–H and O–H groups in total. The van der Waals surface area contributed by atoms with E-state index in [-0.39, 0.29) is 0 Å². The maximum atomic E-state index is 4.53. The summed E-state index contributed by atoms with van der Waals surface area (Å²) < 4.78 is 0. The molecular weight excluding hydrogens is 216 g/mol. The molecule has 0 spiro atoms. The van der Waals surface area contributed by atoms with E-state index in [1.165, 1.54) is 18.5 Å². The first-order chi connectivity index (χ1) is 7.76. The molecule has 0 amide bonds. The Morgan fingerprint density at radius 1 is 1.31 bits per heavy atom. The lowest BCUT2D eigenvalue weighted by molar-refractivity contribution is 0.272. The fourth-order valence-corrected chi connectivity index (χ4v) is 1.94. The normalized spacial score (nSPS) is 11.0. The van der Waals surface area contributed by atoms with Gasteiger partial charge in [0.05, 0.1) is 5.69 Å². The molecule has 1 aromatic heterocycles. The lowest BCUT2D eigenvalue weighted by Gasteiger charge is -2.19. The molecule has 0 aliphatic rings. The molecule has 0 fully saturated rings. The molecule has 1 rings (SSSR count). The zero-order chi connectivity index (χ0) is 11.8. The fraction of sp³-hybridized carbons (Fsp3) is 0.615. The number of hydrogen-bond acceptors (Lipinski definition) is 3. The van der Waals surface area contributed by atoms with Crippen LogP contribution in [0, 0.1) is 6.92 Å². The number of nitrogens with zero attached hydrogens (tertiary/aromatic N) is 2. The number of unbranched alkanes of at least 4 members (excludes halogenated alkanes) is 1. The van der Waals surface area contributed by atoms with Crippen LogP contribution in [-0.2, 0) is 6.54 Å². The minimum Gasteiger partial charge on any atom is -0.298 e. The van der Waals surface area contributed by atoms with Crippen molar-refractivity contribution >= 4 is 12.6 Å². The molecule has 2 nitrogen and oxygen atoms in total. The Balaban J connectivity index is 2.43. The second-order valence-electron chi connectivity index (χ2n) is 4.07. The second kappa shape index (κ2) is 7.69. The Bertz CT molecular complexity index is 302. The Morgan fingerprint density at radius 3 is 2.75 bits per heavy atom. The van der Waals surface area contributed by atoms with Crippen LogP contribution in [0.2, 0.25) is 0 Å². The highest BCUT2D eigenvalue weighted by Crippen LogP contribution is 2.05. The van der Waals surface area contributed by atoms with Crippen molar-refractivity contribution in [3.63, 3.8) is 0 Å². The van der Waals surface area contributed by atoms with E-state index in [4.69, 9.17) is 0 Å². The monoisotopic (exact) mass is 238 g/mol. The van der Waals surface area contributed by atoms with E-state index < -0.39 is 0 Å². The van der Waals surface area contributed by atoms with Crippen LogP contribution < -0.4 is 0 Å². The Kier molecular flexibility index (Phi) is 6.50. The van der Waals surface area contributed by atoms with Gasteiger partial charge in [0.1, 0.15) is 0 Å². The lowest BCUT2D eigenvalue weighted by Crippen LogP contribution is -2.24. The lowest BCUT2D eigenvalue weighted by atomic mass is 10.2. The third-order valence-electron chi connectivity index (χ3n) is 2.66. The topological polar surface area (TPSA) is 16.1 Å². The second-order valence-corrected chi connectivity index (χ2v) is 4.52. The smallest absolute Gasteiger partial charge is 0.0547 e. The average Bonchev–Trinajstić information content (AvgIpc) is 2.28. The largest absolute Gasteiger partial charge is 0.298 e. The van der Waals surface area contributed by atoms with Crippen LogP contribution >= 0.6 is 12.6 Å². The summed E-state index contributed by atoms with van der Waals surface area (Å²) in [6, 6.07) is 6.23. The number of aromatic nitrogens is 1. The zero-order valence-electron chi connectivity index (χ0n) is 10.3. The molecular formula is C13H22N2S. The van der Waals surface area contributed by atoms with Gasteiger partial charge >= 0.3 is 0 Å². The van der Waals surface area contributed by atoms with Crippen LogP contribution in [0.4, 0.5) is 0 Å². The molecule has 0 saturated heterocycles. The standard InChI is InChI=1S/C13H22N2S/c1-3-15(9-4-5-10-16)11-13-8-6-7-12(2)14-13/h6-8,16H,3-5,9-11H2,1-2H3. The average molecular weight is 238 g/mol. The summed E-state index contributed by atoms with van der Waals surface area (Å²) in [7, 11) is 0. The van der Waals surface area contributed by atoms with Gasteiger partial charge in [-0.05, 0) is 50.7 Å². The van der Waals surface area contributed by atoms with Gasteiger partial charge in [-0.3, -0.25) is 9.88 Å². The molecule has 0 aliphatic carbocycles. The Morgan fingerprint density at radius 2 is 2.12 bits per heavy atom. The molecule has 0 bridgehead atoms. The molecule has 0 unspecified atom stereocenters. The Hall–Kier alpha value is -0.540. The number of rotatable bonds is 7. The number of hydrogen-bond donors (Lipinski definition) is 1. The number of pyridine rings is 1. The minimum atomic E-state index is 0.963. The first-order valence-corrected chi connectivity index (χ1v) is 6.65. The van der Waals surface area contributed by atoms with Crippen LogP contribution in [-0.4, -0.2) is 28.7 Å². The third-order valence-corrected chi connectivity index (χ3v) is 2.98. The quantitative estimate of drug-likeness (QED) is 0.581. The van der Waals surface area contributed by atoms with Gasteiger partial charge in [-0.25, -0.2) is 0 Å². The highest BCUT2D eigenvalue weighted by molar-refractivity contribution is 7.80. The number of aryl methyl sites for hydroxylation is 1. The van der Waals surface area contributed by atoms with E-state index >= 15 is 0 Å². The summed E-state index contributed by atoms with van der Waals surface area (Å²) in [5.41, 5.74) is 2.27. The molecule has 1 heterocycles. The van der Waals surface area contributed by atoms with E-state index in [0.29, 0.717) is 0 Å². The predicted molar refractivity (Wildman–Crippen MR) is 73.0 cm³/mol. The number of thiol groups is 1. The van der Waals surface area contributed by atoms with Gasteiger partial charge in [-0.15, -0.1) is 0 Å². The van der Waals surface area contributed by atoms with Crippen LogP contribution in [0.3, 0.4) is 0 Å². The van der Waals surface area contributed by atoms with Gasteiger partial charge in [0.25, 0.3) is 0 Å². The maximum Gasteiger partial charge on any atom is 0.0547 e. The summed E-state index contributed by atoms with van der Waals surface area (Å²) in [5, 5.41) is 0. The van der Waals surface area contributed by atoms with Gasteiger partial charge in [0.15, 0.2) is 0 Å². The van der Waals surface area contributed by atoms with Crippen molar-refractivity contribution in [1.29, 1.82) is 0 Å². The van der Waals surface area contributed by atoms with Crippen LogP contribution in [0.5, 0.6) is 0 Å². The molecule has 3 heteroatoms. The van der Waals surface area contributed by atoms with E-state index in [9.17, 15) is 0 Å². The first-order valence-electron chi connectivity index (χ1n) is 6.02. The van der Waals surface area contributed by atoms with Crippen molar-refractivity contribution in [2.24, 2.45) is 0 Å². The summed E-state index contributed by atoms with van der Waals surface area (Å²) in [6.45, 7) is 7.44. The van der Waals surface area contributed by atoms with E-state index in [0.717, 1.165) is 31.1 Å². The predicted octanol–water partition coefficient (Wildman–Crippen LogP) is 2.92. The van der Waals surface area contributed by atoms with Crippen molar-refractivity contribution in [3.8, 4) is 0 Å². The van der Waals surface area contributed by atoms with E-state index in [2.05, 4.69) is 41.6 Å². The van der Waals surface area contributed by atoms with Gasteiger partial charge in [0, 0.05) is 12.2 Å². The summed E-state index contributed by atoms with van der Waals surface area (Å²) in [6.07, 6.45) is 2.42. The molecule has 90 valence electrons. The van der Waals surface area contributed by atoms with Crippen molar-refractivity contribution in [2.75, 3.05) is 18.8 Å². The van der Waals surface area contributed by atoms with Crippen LogP contribution in [0.1, 0.15) is 31.2 Å². The minimum absolute atomic E-state index is 0.963. The third kappa shape index (κ3) is 4.99. The SMILES string of the molecule is CCN(CCCCS)Cc1cccc(C)n1. The first kappa shape index (κ1) is 13.5. The Labute approximate surface area is 104 Å². The highest BCUT2D eigenvalue weighted by Gasteiger charge is 2.04. The van der Waals surface area contributed by atoms with E-state index in [1.54, 1.807) is 0 Å². The van der Waals surface area contributed by atoms with Gasteiger partial charge in [-0.2, -0.15) is 12.6 Å². The van der Waals surface area contributed by atoms with Crippen molar-refractivity contribution in [3.05, 3.63) is 29.6 Å². The summed E-state index contributed by atoms with van der Waals surface area (Å²) >= 11 is 4.23. The highest BCUT2D eigenvalue weighted by atomic mass is 32.1. The van der Waals surface area contributed by atoms with Crippen molar-refractivity contribution in [2.45, 2.75) is 33.2 Å². The van der Waals surface area contributed by atoms with Gasteiger partial charge in [-0.1, -0.05) is 13.0 Å². The summed E-state index contributed by atoms with van der Waals surface area (Å²) in [5.74, 6) is 0.986. The van der Waals surface area contributed by atoms with Crippen molar-refractivity contribution < 1.29 is 0 Å². The van der Waals surface area contributed by atoms with Gasteiger partial charge in [0.2, 0.25) is 0 Å². The fourth-order valence-electron chi connectivity index (χ4n) is 1.71. The van der Waals surface area contributed by atoms with E-state index in [1.807, 2.05) is 13.0 Å². The molecule has 16 heavy (non-hydrogen) atoms. The molecule has 0 atom stereocenters. The van der Waals surface area contributed by atoms with Gasteiger partial charge < -0.3 is 0 Å². The maximum absolute atomic E-state index is 4.53. The van der Waals surface area contributed by atoms with Crippen molar-refractivity contribution in [1.82, 2.24) is 9.88 Å². The van der Waals surface area contributed by atoms with Crippen LogP contribution in [0.25, 0.3) is 0 Å².